The molecule has 3 nitrogen and oxygen atoms in total. The van der Waals surface area contributed by atoms with Gasteiger partial charge in [0.15, 0.2) is 0 Å². The predicted octanol–water partition coefficient (Wildman–Crippen LogP) is 2.82. The molecule has 15 heavy (non-hydrogen) atoms. The molecule has 0 saturated heterocycles. The summed E-state index contributed by atoms with van der Waals surface area (Å²) in [6.07, 6.45) is 2.02. The summed E-state index contributed by atoms with van der Waals surface area (Å²) >= 11 is 1.73. The van der Waals surface area contributed by atoms with Crippen molar-refractivity contribution in [2.24, 2.45) is 0 Å². The molecule has 0 unspecified atom stereocenters. The molecular formula is C11H13NO2S. The molecule has 1 amide bonds. The predicted molar refractivity (Wildman–Crippen MR) is 61.2 cm³/mol. The van der Waals surface area contributed by atoms with Crippen LogP contribution in [0.4, 0.5) is 4.79 Å². The van der Waals surface area contributed by atoms with Gasteiger partial charge in [-0.1, -0.05) is 6.08 Å². The lowest BCUT2D eigenvalue weighted by Gasteiger charge is -2.23. The van der Waals surface area contributed by atoms with Crippen molar-refractivity contribution in [1.82, 2.24) is 4.90 Å². The van der Waals surface area contributed by atoms with Gasteiger partial charge < -0.3 is 10.0 Å². The van der Waals surface area contributed by atoms with Crippen LogP contribution in [0.2, 0.25) is 0 Å². The molecule has 0 saturated carbocycles. The van der Waals surface area contributed by atoms with Crippen molar-refractivity contribution >= 4 is 23.0 Å². The Hall–Kier alpha value is -1.29. The first-order valence-electron chi connectivity index (χ1n) is 4.89. The highest BCUT2D eigenvalue weighted by atomic mass is 32.1. The highest BCUT2D eigenvalue weighted by Gasteiger charge is 2.17. The summed E-state index contributed by atoms with van der Waals surface area (Å²) in [5.74, 6) is 0. The van der Waals surface area contributed by atoms with Gasteiger partial charge >= 0.3 is 6.09 Å². The van der Waals surface area contributed by atoms with E-state index in [9.17, 15) is 4.79 Å². The van der Waals surface area contributed by atoms with Crippen molar-refractivity contribution in [3.8, 4) is 0 Å². The summed E-state index contributed by atoms with van der Waals surface area (Å²) in [6, 6.07) is 2.16. The number of amides is 1. The molecule has 0 aromatic carbocycles. The molecule has 1 N–H and O–H groups in total. The molecule has 4 heteroatoms. The minimum absolute atomic E-state index is 0.515. The Morgan fingerprint density at radius 1 is 1.60 bits per heavy atom. The second-order valence-corrected chi connectivity index (χ2v) is 4.61. The molecule has 0 radical (unpaired) electrons. The minimum Gasteiger partial charge on any atom is -0.465 e. The van der Waals surface area contributed by atoms with Crippen molar-refractivity contribution < 1.29 is 9.90 Å². The molecular weight excluding hydrogens is 210 g/mol. The second kappa shape index (κ2) is 4.06. The normalized spacial score (nSPS) is 16.3. The van der Waals surface area contributed by atoms with Gasteiger partial charge in [-0.2, -0.15) is 0 Å². The number of hydrogen-bond donors (Lipinski definition) is 1. The van der Waals surface area contributed by atoms with Gasteiger partial charge in [-0.3, -0.25) is 0 Å². The van der Waals surface area contributed by atoms with Gasteiger partial charge in [0.05, 0.1) is 0 Å². The van der Waals surface area contributed by atoms with Crippen LogP contribution in [0, 0.1) is 6.92 Å². The average Bonchev–Trinajstić information content (AvgIpc) is 2.65. The fourth-order valence-corrected chi connectivity index (χ4v) is 2.64. The van der Waals surface area contributed by atoms with Crippen LogP contribution in [-0.2, 0) is 0 Å². The standard InChI is InChI=1S/C11H13NO2S/c1-8-6-10(15-7-8)9-2-4-12(5-3-9)11(13)14/h2,6-7H,3-5H2,1H3,(H,13,14). The smallest absolute Gasteiger partial charge is 0.407 e. The summed E-state index contributed by atoms with van der Waals surface area (Å²) in [7, 11) is 0. The fourth-order valence-electron chi connectivity index (χ4n) is 1.67. The second-order valence-electron chi connectivity index (χ2n) is 3.70. The van der Waals surface area contributed by atoms with E-state index < -0.39 is 6.09 Å². The van der Waals surface area contributed by atoms with Gasteiger partial charge in [-0.15, -0.1) is 11.3 Å². The monoisotopic (exact) mass is 223 g/mol. The van der Waals surface area contributed by atoms with Crippen LogP contribution in [0.15, 0.2) is 17.5 Å². The summed E-state index contributed by atoms with van der Waals surface area (Å²) in [6.45, 7) is 3.20. The zero-order chi connectivity index (χ0) is 10.8. The van der Waals surface area contributed by atoms with Crippen molar-refractivity contribution in [3.63, 3.8) is 0 Å². The molecule has 0 aliphatic carbocycles. The van der Waals surface area contributed by atoms with Crippen molar-refractivity contribution in [2.45, 2.75) is 13.3 Å². The number of carbonyl (C=O) groups is 1. The minimum atomic E-state index is -0.826. The van der Waals surface area contributed by atoms with Gasteiger partial charge in [0.1, 0.15) is 0 Å². The number of nitrogens with zero attached hydrogens (tertiary/aromatic N) is 1. The van der Waals surface area contributed by atoms with Gasteiger partial charge in [-0.05, 0) is 35.9 Å². The van der Waals surface area contributed by atoms with Crippen LogP contribution in [0.3, 0.4) is 0 Å². The quantitative estimate of drug-likeness (QED) is 0.795. The molecule has 0 atom stereocenters. The first-order valence-corrected chi connectivity index (χ1v) is 5.77. The van der Waals surface area contributed by atoms with Crippen molar-refractivity contribution in [3.05, 3.63) is 28.0 Å². The largest absolute Gasteiger partial charge is 0.465 e. The molecule has 2 heterocycles. The number of thiophene rings is 1. The van der Waals surface area contributed by atoms with E-state index in [0.717, 1.165) is 6.42 Å². The molecule has 2 rings (SSSR count). The lowest BCUT2D eigenvalue weighted by molar-refractivity contribution is 0.150. The number of aryl methyl sites for hydroxylation is 1. The van der Waals surface area contributed by atoms with Crippen molar-refractivity contribution in [2.75, 3.05) is 13.1 Å². The van der Waals surface area contributed by atoms with E-state index in [4.69, 9.17) is 5.11 Å². The molecule has 0 spiro atoms. The summed E-state index contributed by atoms with van der Waals surface area (Å²) in [4.78, 5) is 13.4. The lowest BCUT2D eigenvalue weighted by atomic mass is 10.1. The van der Waals surface area contributed by atoms with E-state index in [1.54, 1.807) is 11.3 Å². The Morgan fingerprint density at radius 2 is 2.40 bits per heavy atom. The Kier molecular flexibility index (Phi) is 2.77. The van der Waals surface area contributed by atoms with Gasteiger partial charge in [-0.25, -0.2) is 4.79 Å². The summed E-state index contributed by atoms with van der Waals surface area (Å²) < 4.78 is 0. The van der Waals surface area contributed by atoms with E-state index in [2.05, 4.69) is 18.4 Å². The molecule has 1 aromatic heterocycles. The topological polar surface area (TPSA) is 40.5 Å². The average molecular weight is 223 g/mol. The Balaban J connectivity index is 2.11. The van der Waals surface area contributed by atoms with Crippen LogP contribution in [0.25, 0.3) is 5.57 Å². The lowest BCUT2D eigenvalue weighted by Crippen LogP contribution is -2.33. The van der Waals surface area contributed by atoms with Gasteiger partial charge in [0.2, 0.25) is 0 Å². The maximum Gasteiger partial charge on any atom is 0.407 e. The number of rotatable bonds is 1. The Morgan fingerprint density at radius 3 is 2.87 bits per heavy atom. The van der Waals surface area contributed by atoms with E-state index in [1.807, 2.05) is 6.08 Å². The summed E-state index contributed by atoms with van der Waals surface area (Å²) in [5.41, 5.74) is 2.56. The summed E-state index contributed by atoms with van der Waals surface area (Å²) in [5, 5.41) is 10.9. The molecule has 1 aromatic rings. The zero-order valence-corrected chi connectivity index (χ0v) is 9.38. The highest BCUT2D eigenvalue weighted by molar-refractivity contribution is 7.11. The van der Waals surface area contributed by atoms with Crippen molar-refractivity contribution in [1.29, 1.82) is 0 Å². The Bertz CT molecular complexity index is 408. The van der Waals surface area contributed by atoms with Crippen LogP contribution in [0.1, 0.15) is 16.9 Å². The van der Waals surface area contributed by atoms with E-state index in [1.165, 1.54) is 20.9 Å². The van der Waals surface area contributed by atoms with E-state index >= 15 is 0 Å². The van der Waals surface area contributed by atoms with Gasteiger partial charge in [0, 0.05) is 18.0 Å². The van der Waals surface area contributed by atoms with Gasteiger partial charge in [0.25, 0.3) is 0 Å². The molecule has 0 bridgehead atoms. The van der Waals surface area contributed by atoms with Crippen LogP contribution in [-0.4, -0.2) is 29.2 Å². The molecule has 1 aliphatic heterocycles. The molecule has 80 valence electrons. The van der Waals surface area contributed by atoms with E-state index in [-0.39, 0.29) is 0 Å². The maximum absolute atomic E-state index is 10.7. The third-order valence-electron chi connectivity index (χ3n) is 2.53. The third kappa shape index (κ3) is 2.21. The first-order chi connectivity index (χ1) is 7.16. The SMILES string of the molecule is Cc1csc(C2=CCN(C(=O)O)CC2)c1. The first kappa shape index (κ1) is 10.2. The number of hydrogen-bond acceptors (Lipinski definition) is 2. The van der Waals surface area contributed by atoms with Crippen LogP contribution in [0.5, 0.6) is 0 Å². The molecule has 1 aliphatic rings. The number of carboxylic acid groups (broad SMARTS) is 1. The highest BCUT2D eigenvalue weighted by Crippen LogP contribution is 2.27. The zero-order valence-electron chi connectivity index (χ0n) is 8.56. The third-order valence-corrected chi connectivity index (χ3v) is 3.65. The van der Waals surface area contributed by atoms with Crippen LogP contribution >= 0.6 is 11.3 Å². The van der Waals surface area contributed by atoms with Crippen LogP contribution < -0.4 is 0 Å². The molecule has 0 fully saturated rings. The Labute approximate surface area is 92.6 Å². The fraction of sp³-hybridized carbons (Fsp3) is 0.364. The maximum atomic E-state index is 10.7. The van der Waals surface area contributed by atoms with E-state index in [0.29, 0.717) is 13.1 Å².